The summed E-state index contributed by atoms with van der Waals surface area (Å²) in [6.45, 7) is 2.25. The van der Waals surface area contributed by atoms with Gasteiger partial charge in [-0.15, -0.1) is 11.3 Å². The van der Waals surface area contributed by atoms with Crippen molar-refractivity contribution in [1.29, 1.82) is 0 Å². The minimum Gasteiger partial charge on any atom is -0.148 e. The van der Waals surface area contributed by atoms with Crippen LogP contribution in [0.15, 0.2) is 15.9 Å². The van der Waals surface area contributed by atoms with Crippen LogP contribution >= 0.6 is 43.2 Å². The Balaban J connectivity index is 2.50. The van der Waals surface area contributed by atoms with Crippen molar-refractivity contribution in [1.82, 2.24) is 0 Å². The largest absolute Gasteiger partial charge is 0.148 e. The van der Waals surface area contributed by atoms with E-state index in [0.717, 1.165) is 11.2 Å². The Morgan fingerprint density at radius 2 is 2.36 bits per heavy atom. The van der Waals surface area contributed by atoms with Gasteiger partial charge < -0.3 is 0 Å². The second-order valence-electron chi connectivity index (χ2n) is 2.69. The third-order valence-electron chi connectivity index (χ3n) is 1.43. The van der Waals surface area contributed by atoms with Gasteiger partial charge in [0.2, 0.25) is 0 Å². The number of alkyl halides is 1. The van der Waals surface area contributed by atoms with Crippen LogP contribution in [0.3, 0.4) is 0 Å². The first-order valence-corrected chi connectivity index (χ1v) is 6.30. The molecule has 0 amide bonds. The van der Waals surface area contributed by atoms with E-state index in [0.29, 0.717) is 0 Å². The number of hydrogen-bond acceptors (Lipinski definition) is 1. The highest BCUT2D eigenvalue weighted by Crippen LogP contribution is 2.22. The van der Waals surface area contributed by atoms with Gasteiger partial charge in [-0.1, -0.05) is 22.9 Å². The molecule has 0 aliphatic rings. The molecule has 0 fully saturated rings. The molecule has 0 saturated heterocycles. The van der Waals surface area contributed by atoms with Crippen molar-refractivity contribution in [3.63, 3.8) is 0 Å². The molecule has 1 aromatic heterocycles. The molecule has 0 nitrogen and oxygen atoms in total. The van der Waals surface area contributed by atoms with Crippen molar-refractivity contribution < 1.29 is 0 Å². The van der Waals surface area contributed by atoms with E-state index in [1.807, 2.05) is 11.3 Å². The molecule has 11 heavy (non-hydrogen) atoms. The average molecular weight is 298 g/mol. The lowest BCUT2D eigenvalue weighted by Crippen LogP contribution is -1.98. The quantitative estimate of drug-likeness (QED) is 0.737. The molecule has 0 bridgehead atoms. The zero-order valence-electron chi connectivity index (χ0n) is 6.31. The first-order chi connectivity index (χ1) is 5.22. The SMILES string of the molecule is CC(CBr)Cc1cc(Br)cs1. The van der Waals surface area contributed by atoms with Crippen LogP contribution in [0.4, 0.5) is 0 Å². The van der Waals surface area contributed by atoms with Crippen LogP contribution in [-0.2, 0) is 6.42 Å². The summed E-state index contributed by atoms with van der Waals surface area (Å²) in [7, 11) is 0. The summed E-state index contributed by atoms with van der Waals surface area (Å²) in [6, 6.07) is 2.20. The maximum Gasteiger partial charge on any atom is 0.0285 e. The maximum absolute atomic E-state index is 3.47. The van der Waals surface area contributed by atoms with Crippen LogP contribution in [-0.4, -0.2) is 5.33 Å². The standard InChI is InChI=1S/C8H10Br2S/c1-6(4-9)2-8-3-7(10)5-11-8/h3,5-6H,2,4H2,1H3. The summed E-state index contributed by atoms with van der Waals surface area (Å²) in [6.07, 6.45) is 1.18. The minimum atomic E-state index is 0.737. The van der Waals surface area contributed by atoms with E-state index >= 15 is 0 Å². The van der Waals surface area contributed by atoms with Gasteiger partial charge in [-0.3, -0.25) is 0 Å². The molecule has 1 atom stereocenters. The number of thiophene rings is 1. The van der Waals surface area contributed by atoms with Gasteiger partial charge in [-0.2, -0.15) is 0 Å². The van der Waals surface area contributed by atoms with Crippen molar-refractivity contribution in [3.8, 4) is 0 Å². The van der Waals surface area contributed by atoms with E-state index in [9.17, 15) is 0 Å². The Labute approximate surface area is 88.3 Å². The fourth-order valence-corrected chi connectivity index (χ4v) is 2.70. The summed E-state index contributed by atoms with van der Waals surface area (Å²) in [5.41, 5.74) is 0. The molecule has 0 radical (unpaired) electrons. The number of halogens is 2. The Kier molecular flexibility index (Phi) is 4.10. The van der Waals surface area contributed by atoms with Gasteiger partial charge in [-0.25, -0.2) is 0 Å². The Morgan fingerprint density at radius 3 is 2.82 bits per heavy atom. The molecule has 3 heteroatoms. The molecule has 0 spiro atoms. The summed E-state index contributed by atoms with van der Waals surface area (Å²) >= 11 is 8.74. The Bertz CT molecular complexity index is 220. The molecular formula is C8H10Br2S. The molecule has 62 valence electrons. The second-order valence-corrected chi connectivity index (χ2v) is 5.25. The zero-order chi connectivity index (χ0) is 8.27. The van der Waals surface area contributed by atoms with Crippen molar-refractivity contribution in [2.24, 2.45) is 5.92 Å². The third kappa shape index (κ3) is 3.26. The molecular weight excluding hydrogens is 288 g/mol. The molecule has 0 N–H and O–H groups in total. The summed E-state index contributed by atoms with van der Waals surface area (Å²) in [5, 5.41) is 3.22. The van der Waals surface area contributed by atoms with Gasteiger partial charge in [0.15, 0.2) is 0 Å². The monoisotopic (exact) mass is 296 g/mol. The van der Waals surface area contributed by atoms with E-state index < -0.39 is 0 Å². The van der Waals surface area contributed by atoms with Crippen LogP contribution in [0.2, 0.25) is 0 Å². The number of hydrogen-bond donors (Lipinski definition) is 0. The van der Waals surface area contributed by atoms with E-state index in [2.05, 4.69) is 50.2 Å². The van der Waals surface area contributed by atoms with Crippen LogP contribution in [0.5, 0.6) is 0 Å². The second kappa shape index (κ2) is 4.63. The van der Waals surface area contributed by atoms with E-state index in [1.165, 1.54) is 15.8 Å². The topological polar surface area (TPSA) is 0 Å². The van der Waals surface area contributed by atoms with E-state index in [4.69, 9.17) is 0 Å². The van der Waals surface area contributed by atoms with Crippen molar-refractivity contribution >= 4 is 43.2 Å². The van der Waals surface area contributed by atoms with Gasteiger partial charge in [-0.05, 0) is 34.3 Å². The smallest absolute Gasteiger partial charge is 0.0285 e. The van der Waals surface area contributed by atoms with Crippen molar-refractivity contribution in [2.75, 3.05) is 5.33 Å². The first kappa shape index (κ1) is 9.75. The van der Waals surface area contributed by atoms with Crippen LogP contribution in [0, 0.1) is 5.92 Å². The minimum absolute atomic E-state index is 0.737. The van der Waals surface area contributed by atoms with E-state index in [1.54, 1.807) is 0 Å². The lowest BCUT2D eigenvalue weighted by molar-refractivity contribution is 0.670. The van der Waals surface area contributed by atoms with Gasteiger partial charge in [0.25, 0.3) is 0 Å². The fraction of sp³-hybridized carbons (Fsp3) is 0.500. The maximum atomic E-state index is 3.47. The fourth-order valence-electron chi connectivity index (χ4n) is 0.859. The highest BCUT2D eigenvalue weighted by molar-refractivity contribution is 9.10. The normalized spacial score (nSPS) is 13.4. The van der Waals surface area contributed by atoms with E-state index in [-0.39, 0.29) is 0 Å². The molecule has 0 aliphatic carbocycles. The lowest BCUT2D eigenvalue weighted by Gasteiger charge is -2.03. The van der Waals surface area contributed by atoms with Crippen molar-refractivity contribution in [3.05, 3.63) is 20.8 Å². The van der Waals surface area contributed by atoms with Crippen LogP contribution in [0.1, 0.15) is 11.8 Å². The predicted octanol–water partition coefficient (Wildman–Crippen LogP) is 4.08. The Hall–Kier alpha value is 0.660. The average Bonchev–Trinajstić information content (AvgIpc) is 2.35. The Morgan fingerprint density at radius 1 is 1.64 bits per heavy atom. The molecule has 1 rings (SSSR count). The lowest BCUT2D eigenvalue weighted by atomic mass is 10.1. The molecule has 0 aromatic carbocycles. The van der Waals surface area contributed by atoms with Gasteiger partial charge in [0.05, 0.1) is 0 Å². The highest BCUT2D eigenvalue weighted by atomic mass is 79.9. The summed E-state index contributed by atoms with van der Waals surface area (Å²) < 4.78 is 1.21. The predicted molar refractivity (Wildman–Crippen MR) is 58.7 cm³/mol. The highest BCUT2D eigenvalue weighted by Gasteiger charge is 2.03. The molecule has 0 saturated carbocycles. The number of rotatable bonds is 3. The van der Waals surface area contributed by atoms with Crippen LogP contribution < -0.4 is 0 Å². The van der Waals surface area contributed by atoms with Gasteiger partial charge in [0, 0.05) is 20.1 Å². The summed E-state index contributed by atoms with van der Waals surface area (Å²) in [4.78, 5) is 1.46. The molecule has 1 aromatic rings. The third-order valence-corrected chi connectivity index (χ3v) is 4.26. The van der Waals surface area contributed by atoms with Crippen LogP contribution in [0.25, 0.3) is 0 Å². The molecule has 1 unspecified atom stereocenters. The summed E-state index contributed by atoms with van der Waals surface area (Å²) in [5.74, 6) is 0.737. The van der Waals surface area contributed by atoms with Gasteiger partial charge >= 0.3 is 0 Å². The molecule has 1 heterocycles. The van der Waals surface area contributed by atoms with Crippen molar-refractivity contribution in [2.45, 2.75) is 13.3 Å². The van der Waals surface area contributed by atoms with Gasteiger partial charge in [0.1, 0.15) is 0 Å². The first-order valence-electron chi connectivity index (χ1n) is 3.51. The molecule has 0 aliphatic heterocycles. The zero-order valence-corrected chi connectivity index (χ0v) is 10.3.